The van der Waals surface area contributed by atoms with Crippen molar-refractivity contribution in [2.45, 2.75) is 0 Å². The van der Waals surface area contributed by atoms with Crippen LogP contribution in [0, 0.1) is 0 Å². The van der Waals surface area contributed by atoms with Crippen molar-refractivity contribution in [3.05, 3.63) is 0 Å². The minimum atomic E-state index is -0.500. The van der Waals surface area contributed by atoms with Crippen LogP contribution in [0.25, 0.3) is 0 Å². The Morgan fingerprint density at radius 1 is 1.80 bits per heavy atom. The molecule has 0 bridgehead atoms. The van der Waals surface area contributed by atoms with E-state index in [9.17, 15) is 0 Å². The van der Waals surface area contributed by atoms with Crippen LogP contribution in [0.4, 0.5) is 0 Å². The summed E-state index contributed by atoms with van der Waals surface area (Å²) in [5.74, 6) is 0. The van der Waals surface area contributed by atoms with Gasteiger partial charge in [-0.1, -0.05) is 0 Å². The number of nitrogens with two attached hydrogens (primary N) is 1. The van der Waals surface area contributed by atoms with E-state index >= 15 is 0 Å². The normalized spacial score (nSPS) is 4.80. The Hall–Kier alpha value is 0.560. The number of hydrogen-bond donors (Lipinski definition) is 2. The number of thiocarbonyl (C=S) groups is 1. The zero-order valence-corrected chi connectivity index (χ0v) is 2.75. The van der Waals surface area contributed by atoms with Crippen molar-refractivity contribution in [3.63, 3.8) is 0 Å². The van der Waals surface area contributed by atoms with Gasteiger partial charge < -0.3 is 10.8 Å². The van der Waals surface area contributed by atoms with Crippen LogP contribution in [-0.4, -0.2) is 36.1 Å². The van der Waals surface area contributed by atoms with Crippen LogP contribution in [0.1, 0.15) is 0 Å². The molecule has 0 saturated heterocycles. The number of hydrogen-bond acceptors (Lipinski definition) is 1. The fourth-order valence-corrected chi connectivity index (χ4v) is 0. The van der Waals surface area contributed by atoms with Gasteiger partial charge in [-0.05, 0) is 12.2 Å². The van der Waals surface area contributed by atoms with Crippen molar-refractivity contribution < 1.29 is 5.11 Å². The molecule has 0 saturated carbocycles. The summed E-state index contributed by atoms with van der Waals surface area (Å²) in [5.41, 5.74) is 4.40. The van der Waals surface area contributed by atoms with E-state index in [2.05, 4.69) is 18.0 Å². The maximum absolute atomic E-state index is 7.56. The van der Waals surface area contributed by atoms with E-state index in [1.807, 2.05) is 0 Å². The van der Waals surface area contributed by atoms with E-state index in [-0.39, 0.29) is 25.8 Å². The Bertz CT molecular complexity index is 34.6. The Labute approximate surface area is 54.1 Å². The van der Waals surface area contributed by atoms with Crippen LogP contribution in [0.5, 0.6) is 0 Å². The number of aliphatic hydroxyl groups is 1. The zero-order valence-electron chi connectivity index (χ0n) is 1.93. The second-order valence-corrected chi connectivity index (χ2v) is 0.757. The Kier molecular flexibility index (Phi) is 8.32. The summed E-state index contributed by atoms with van der Waals surface area (Å²) in [7, 11) is 0. The molecule has 0 aliphatic carbocycles. The van der Waals surface area contributed by atoms with Crippen molar-refractivity contribution in [1.82, 2.24) is 0 Å². The first-order chi connectivity index (χ1) is 1.73. The fourth-order valence-electron chi connectivity index (χ4n) is 0. The average molecular weight is 195 g/mol. The van der Waals surface area contributed by atoms with Gasteiger partial charge in [-0.3, -0.25) is 0 Å². The Morgan fingerprint density at radius 2 is 1.80 bits per heavy atom. The van der Waals surface area contributed by atoms with Gasteiger partial charge in [0.2, 0.25) is 0 Å². The molecular weight excluding hydrogens is 189 g/mol. The third-order valence-corrected chi connectivity index (χ3v) is 0. The van der Waals surface area contributed by atoms with E-state index in [0.717, 1.165) is 0 Å². The molecule has 0 heterocycles. The molecular formula is CH6InNOS. The predicted octanol–water partition coefficient (Wildman–Crippen LogP) is -1.40. The maximum atomic E-state index is 7.56. The van der Waals surface area contributed by atoms with Crippen molar-refractivity contribution in [2.24, 2.45) is 5.73 Å². The molecule has 0 aromatic carbocycles. The summed E-state index contributed by atoms with van der Waals surface area (Å²) in [6.07, 6.45) is 0. The molecule has 0 radical (unpaired) electrons. The van der Waals surface area contributed by atoms with E-state index in [1.54, 1.807) is 0 Å². The third-order valence-electron chi connectivity index (χ3n) is 0. The number of aliphatic hydroxyl groups excluding tert-OH is 1. The Morgan fingerprint density at radius 3 is 1.80 bits per heavy atom. The Balaban J connectivity index is 0. The molecule has 0 fully saturated rings. The molecule has 4 heteroatoms. The van der Waals surface area contributed by atoms with Gasteiger partial charge >= 0.3 is 25.8 Å². The van der Waals surface area contributed by atoms with Crippen LogP contribution in [0.15, 0.2) is 0 Å². The summed E-state index contributed by atoms with van der Waals surface area (Å²) in [4.78, 5) is 0. The van der Waals surface area contributed by atoms with E-state index in [1.165, 1.54) is 0 Å². The quantitative estimate of drug-likeness (QED) is 0.467. The van der Waals surface area contributed by atoms with E-state index in [4.69, 9.17) is 5.11 Å². The van der Waals surface area contributed by atoms with Gasteiger partial charge in [0, 0.05) is 0 Å². The SMILES string of the molecule is NC(O)=S.[InH3]. The van der Waals surface area contributed by atoms with Crippen molar-refractivity contribution in [3.8, 4) is 0 Å². The molecule has 30 valence electrons. The van der Waals surface area contributed by atoms with Crippen LogP contribution >= 0.6 is 12.2 Å². The van der Waals surface area contributed by atoms with Gasteiger partial charge in [-0.25, -0.2) is 0 Å². The van der Waals surface area contributed by atoms with E-state index < -0.39 is 5.17 Å². The molecule has 0 unspecified atom stereocenters. The first kappa shape index (κ1) is 9.12. The summed E-state index contributed by atoms with van der Waals surface area (Å²) in [6, 6.07) is 0. The van der Waals surface area contributed by atoms with Crippen LogP contribution in [-0.2, 0) is 0 Å². The summed E-state index contributed by atoms with van der Waals surface area (Å²) in [5, 5.41) is 7.06. The topological polar surface area (TPSA) is 46.2 Å². The van der Waals surface area contributed by atoms with Gasteiger partial charge in [0.1, 0.15) is 0 Å². The first-order valence-corrected chi connectivity index (χ1v) is 1.12. The second-order valence-electron chi connectivity index (χ2n) is 0.338. The van der Waals surface area contributed by atoms with Gasteiger partial charge in [-0.2, -0.15) is 0 Å². The van der Waals surface area contributed by atoms with Crippen molar-refractivity contribution >= 4 is 43.2 Å². The van der Waals surface area contributed by atoms with Gasteiger partial charge in [-0.15, -0.1) is 0 Å². The van der Waals surface area contributed by atoms with E-state index in [0.29, 0.717) is 0 Å². The van der Waals surface area contributed by atoms with Crippen molar-refractivity contribution in [2.75, 3.05) is 0 Å². The second kappa shape index (κ2) is 4.56. The average Bonchev–Trinajstić information content (AvgIpc) is 0.811. The molecule has 3 N–H and O–H groups in total. The molecule has 0 atom stereocenters. The molecule has 0 rings (SSSR count). The molecule has 0 aromatic heterocycles. The van der Waals surface area contributed by atoms with Crippen LogP contribution in [0.2, 0.25) is 0 Å². The van der Waals surface area contributed by atoms with Crippen molar-refractivity contribution in [1.29, 1.82) is 0 Å². The summed E-state index contributed by atoms with van der Waals surface area (Å²) >= 11 is 3.87. The molecule has 0 amide bonds. The fraction of sp³-hybridized carbons (Fsp3) is 0. The predicted molar refractivity (Wildman–Crippen MR) is 29.4 cm³/mol. The molecule has 0 aliphatic rings. The number of rotatable bonds is 0. The molecule has 0 aromatic rings. The van der Waals surface area contributed by atoms with Crippen LogP contribution in [0.3, 0.4) is 0 Å². The zero-order chi connectivity index (χ0) is 3.58. The monoisotopic (exact) mass is 195 g/mol. The summed E-state index contributed by atoms with van der Waals surface area (Å²) < 4.78 is 0. The minimum absolute atomic E-state index is 0. The molecule has 2 nitrogen and oxygen atoms in total. The molecule has 0 aliphatic heterocycles. The van der Waals surface area contributed by atoms with Gasteiger partial charge in [0.25, 0.3) is 5.17 Å². The first-order valence-electron chi connectivity index (χ1n) is 0.716. The van der Waals surface area contributed by atoms with Gasteiger partial charge in [0.15, 0.2) is 0 Å². The third kappa shape index (κ3) is 95.3. The standard InChI is InChI=1S/CH3NOS.In.3H/c2-1(3)4;;;;/h(H3,2,3,4);;;;. The summed E-state index contributed by atoms with van der Waals surface area (Å²) in [6.45, 7) is 0. The van der Waals surface area contributed by atoms with Gasteiger partial charge in [0.05, 0.1) is 0 Å². The molecule has 5 heavy (non-hydrogen) atoms. The van der Waals surface area contributed by atoms with Crippen LogP contribution < -0.4 is 5.73 Å². The molecule has 0 spiro atoms.